The maximum Gasteiger partial charge on any atom is 0.418 e. The molecule has 0 fully saturated rings. The van der Waals surface area contributed by atoms with Crippen LogP contribution in [0.5, 0.6) is 0 Å². The Labute approximate surface area is 110 Å². The van der Waals surface area contributed by atoms with Crippen molar-refractivity contribution >= 4 is 23.2 Å². The van der Waals surface area contributed by atoms with Crippen molar-refractivity contribution in [3.8, 4) is 0 Å². The van der Waals surface area contributed by atoms with Crippen molar-refractivity contribution in [1.82, 2.24) is 4.98 Å². The number of benzene rings is 1. The minimum atomic E-state index is -4.63. The fraction of sp³-hybridized carbons (Fsp3) is 0.0909. The van der Waals surface area contributed by atoms with E-state index < -0.39 is 23.3 Å². The van der Waals surface area contributed by atoms with Crippen molar-refractivity contribution in [3.63, 3.8) is 0 Å². The van der Waals surface area contributed by atoms with Gasteiger partial charge in [-0.1, -0.05) is 11.6 Å². The highest BCUT2D eigenvalue weighted by Gasteiger charge is 2.34. The standard InChI is InChI=1S/C11H6ClF3N2O2/c12-6-1-2-8(7(3-6)11(13,14)15)17-10(18)9-4-19-5-16-9/h1-5H,(H,17,18). The van der Waals surface area contributed by atoms with Gasteiger partial charge in [0.05, 0.1) is 11.3 Å². The highest BCUT2D eigenvalue weighted by molar-refractivity contribution is 6.30. The van der Waals surface area contributed by atoms with Gasteiger partial charge in [0.15, 0.2) is 12.1 Å². The lowest BCUT2D eigenvalue weighted by atomic mass is 10.1. The summed E-state index contributed by atoms with van der Waals surface area (Å²) >= 11 is 5.52. The molecule has 0 saturated heterocycles. The summed E-state index contributed by atoms with van der Waals surface area (Å²) < 4.78 is 42.9. The molecule has 1 amide bonds. The van der Waals surface area contributed by atoms with Crippen LogP contribution in [0.15, 0.2) is 35.3 Å². The van der Waals surface area contributed by atoms with Crippen molar-refractivity contribution < 1.29 is 22.4 Å². The van der Waals surface area contributed by atoms with Crippen LogP contribution in [0, 0.1) is 0 Å². The van der Waals surface area contributed by atoms with E-state index in [2.05, 4.69) is 14.7 Å². The first-order chi connectivity index (χ1) is 8.88. The number of nitrogens with one attached hydrogen (secondary N) is 1. The minimum Gasteiger partial charge on any atom is -0.451 e. The second-order valence-corrected chi connectivity index (χ2v) is 3.95. The topological polar surface area (TPSA) is 55.1 Å². The lowest BCUT2D eigenvalue weighted by Crippen LogP contribution is -2.16. The highest BCUT2D eigenvalue weighted by Crippen LogP contribution is 2.36. The molecule has 8 heteroatoms. The first-order valence-electron chi connectivity index (χ1n) is 4.94. The van der Waals surface area contributed by atoms with Crippen molar-refractivity contribution in [2.75, 3.05) is 5.32 Å². The van der Waals surface area contributed by atoms with Crippen LogP contribution in [0.25, 0.3) is 0 Å². The van der Waals surface area contributed by atoms with Gasteiger partial charge in [0.1, 0.15) is 6.26 Å². The Morgan fingerprint density at radius 3 is 2.68 bits per heavy atom. The van der Waals surface area contributed by atoms with E-state index in [-0.39, 0.29) is 10.7 Å². The van der Waals surface area contributed by atoms with Crippen LogP contribution in [0.2, 0.25) is 5.02 Å². The number of halogens is 4. The van der Waals surface area contributed by atoms with Gasteiger partial charge in [-0.25, -0.2) is 4.98 Å². The Morgan fingerprint density at radius 1 is 1.37 bits per heavy atom. The molecule has 0 saturated carbocycles. The summed E-state index contributed by atoms with van der Waals surface area (Å²) in [5, 5.41) is 2.03. The number of rotatable bonds is 2. The number of amides is 1. The second-order valence-electron chi connectivity index (χ2n) is 3.52. The third kappa shape index (κ3) is 3.05. The zero-order valence-electron chi connectivity index (χ0n) is 9.16. The van der Waals surface area contributed by atoms with Gasteiger partial charge >= 0.3 is 6.18 Å². The van der Waals surface area contributed by atoms with Gasteiger partial charge in [-0.2, -0.15) is 13.2 Å². The average molecular weight is 291 g/mol. The quantitative estimate of drug-likeness (QED) is 0.919. The molecule has 100 valence electrons. The Bertz CT molecular complexity index is 596. The molecule has 0 bridgehead atoms. The first-order valence-corrected chi connectivity index (χ1v) is 5.32. The number of carbonyl (C=O) groups excluding carboxylic acids is 1. The van der Waals surface area contributed by atoms with Crippen molar-refractivity contribution in [2.45, 2.75) is 6.18 Å². The molecule has 1 aromatic heterocycles. The van der Waals surface area contributed by atoms with Crippen LogP contribution in [0.4, 0.5) is 18.9 Å². The summed E-state index contributed by atoms with van der Waals surface area (Å²) in [5.41, 5.74) is -1.55. The van der Waals surface area contributed by atoms with E-state index in [1.807, 2.05) is 0 Å². The van der Waals surface area contributed by atoms with Crippen molar-refractivity contribution in [1.29, 1.82) is 0 Å². The lowest BCUT2D eigenvalue weighted by Gasteiger charge is -2.13. The zero-order valence-corrected chi connectivity index (χ0v) is 9.92. The number of anilines is 1. The maximum atomic E-state index is 12.8. The van der Waals surface area contributed by atoms with Gasteiger partial charge in [0.2, 0.25) is 0 Å². The Kier molecular flexibility index (Phi) is 3.48. The Hall–Kier alpha value is -2.02. The largest absolute Gasteiger partial charge is 0.451 e. The van der Waals surface area contributed by atoms with Gasteiger partial charge in [0, 0.05) is 5.02 Å². The van der Waals surface area contributed by atoms with E-state index in [0.717, 1.165) is 24.8 Å². The molecular weight excluding hydrogens is 285 g/mol. The van der Waals surface area contributed by atoms with E-state index in [1.165, 1.54) is 6.07 Å². The predicted molar refractivity (Wildman–Crippen MR) is 60.9 cm³/mol. The number of oxazole rings is 1. The van der Waals surface area contributed by atoms with Gasteiger partial charge in [-0.05, 0) is 18.2 Å². The number of hydrogen-bond donors (Lipinski definition) is 1. The summed E-state index contributed by atoms with van der Waals surface area (Å²) in [6, 6.07) is 3.05. The third-order valence-corrected chi connectivity index (χ3v) is 2.44. The molecule has 4 nitrogen and oxygen atoms in total. The molecule has 0 radical (unpaired) electrons. The van der Waals surface area contributed by atoms with Crippen molar-refractivity contribution in [2.24, 2.45) is 0 Å². The summed E-state index contributed by atoms with van der Waals surface area (Å²) in [6.45, 7) is 0. The van der Waals surface area contributed by atoms with E-state index in [0.29, 0.717) is 0 Å². The third-order valence-electron chi connectivity index (χ3n) is 2.20. The normalized spacial score (nSPS) is 11.4. The average Bonchev–Trinajstić information content (AvgIpc) is 2.83. The summed E-state index contributed by atoms with van der Waals surface area (Å²) in [4.78, 5) is 15.1. The van der Waals surface area contributed by atoms with Crippen LogP contribution in [-0.2, 0) is 6.18 Å². The van der Waals surface area contributed by atoms with Crippen LogP contribution in [0.3, 0.4) is 0 Å². The Morgan fingerprint density at radius 2 is 2.11 bits per heavy atom. The SMILES string of the molecule is O=C(Nc1ccc(Cl)cc1C(F)(F)F)c1cocn1. The summed E-state index contributed by atoms with van der Waals surface area (Å²) in [7, 11) is 0. The van der Waals surface area contributed by atoms with Crippen LogP contribution in [0.1, 0.15) is 16.1 Å². The molecule has 0 unspecified atom stereocenters. The molecule has 2 aromatic rings. The predicted octanol–water partition coefficient (Wildman–Crippen LogP) is 3.60. The number of hydrogen-bond acceptors (Lipinski definition) is 3. The minimum absolute atomic E-state index is 0.0771. The Balaban J connectivity index is 2.33. The highest BCUT2D eigenvalue weighted by atomic mass is 35.5. The van der Waals surface area contributed by atoms with E-state index in [4.69, 9.17) is 11.6 Å². The van der Waals surface area contributed by atoms with Crippen LogP contribution in [-0.4, -0.2) is 10.9 Å². The number of aromatic nitrogens is 1. The van der Waals surface area contributed by atoms with E-state index in [9.17, 15) is 18.0 Å². The van der Waals surface area contributed by atoms with Gasteiger partial charge < -0.3 is 9.73 Å². The van der Waals surface area contributed by atoms with E-state index in [1.54, 1.807) is 0 Å². The molecule has 0 atom stereocenters. The van der Waals surface area contributed by atoms with Gasteiger partial charge in [-0.3, -0.25) is 4.79 Å². The fourth-order valence-electron chi connectivity index (χ4n) is 1.37. The molecule has 0 aliphatic heterocycles. The smallest absolute Gasteiger partial charge is 0.418 e. The molecule has 0 aliphatic carbocycles. The summed E-state index contributed by atoms with van der Waals surface area (Å²) in [5.74, 6) is -0.804. The number of carbonyl (C=O) groups is 1. The first kappa shape index (κ1) is 13.4. The maximum absolute atomic E-state index is 12.8. The van der Waals surface area contributed by atoms with Gasteiger partial charge in [0.25, 0.3) is 5.91 Å². The van der Waals surface area contributed by atoms with Crippen LogP contribution >= 0.6 is 11.6 Å². The molecule has 1 aromatic carbocycles. The van der Waals surface area contributed by atoms with Crippen molar-refractivity contribution in [3.05, 3.63) is 47.1 Å². The number of alkyl halides is 3. The number of nitrogens with zero attached hydrogens (tertiary/aromatic N) is 1. The molecule has 19 heavy (non-hydrogen) atoms. The molecule has 0 spiro atoms. The molecule has 2 rings (SSSR count). The monoisotopic (exact) mass is 290 g/mol. The van der Waals surface area contributed by atoms with E-state index >= 15 is 0 Å². The second kappa shape index (κ2) is 4.93. The molecule has 0 aliphatic rings. The fourth-order valence-corrected chi connectivity index (χ4v) is 1.54. The van der Waals surface area contributed by atoms with Gasteiger partial charge in [-0.15, -0.1) is 0 Å². The molecule has 1 N–H and O–H groups in total. The lowest BCUT2D eigenvalue weighted by molar-refractivity contribution is -0.136. The van der Waals surface area contributed by atoms with Crippen LogP contribution < -0.4 is 5.32 Å². The molecular formula is C11H6ClF3N2O2. The zero-order chi connectivity index (χ0) is 14.0. The molecule has 1 heterocycles. The summed E-state index contributed by atoms with van der Waals surface area (Å²) in [6.07, 6.45) is -2.60.